The van der Waals surface area contributed by atoms with Gasteiger partial charge in [-0.2, -0.15) is 0 Å². The van der Waals surface area contributed by atoms with E-state index in [0.29, 0.717) is 6.42 Å². The van der Waals surface area contributed by atoms with Gasteiger partial charge >= 0.3 is 0 Å². The molecule has 0 unspecified atom stereocenters. The molecule has 2 atom stereocenters. The monoisotopic (exact) mass is 225 g/mol. The Labute approximate surface area is 88.2 Å². The van der Waals surface area contributed by atoms with Crippen LogP contribution in [0.2, 0.25) is 0 Å². The summed E-state index contributed by atoms with van der Waals surface area (Å²) in [7, 11) is -2.89. The molecule has 0 aromatic carbocycles. The Balaban J connectivity index is 1.93. The van der Waals surface area contributed by atoms with E-state index in [1.807, 2.05) is 18.2 Å². The highest BCUT2D eigenvalue weighted by Crippen LogP contribution is 2.51. The van der Waals surface area contributed by atoms with Gasteiger partial charge in [0.2, 0.25) is 0 Å². The second-order valence-corrected chi connectivity index (χ2v) is 6.30. The Kier molecular flexibility index (Phi) is 1.73. The molecule has 2 fully saturated rings. The fraction of sp³-hybridized carbons (Fsp3) is 0.500. The quantitative estimate of drug-likeness (QED) is 0.653. The summed E-state index contributed by atoms with van der Waals surface area (Å²) >= 11 is 0. The molecule has 5 heteroatoms. The maximum absolute atomic E-state index is 11.4. The highest BCUT2D eigenvalue weighted by atomic mass is 32.2. The third-order valence-corrected chi connectivity index (χ3v) is 4.74. The maximum atomic E-state index is 11.4. The number of pyridine rings is 1. The van der Waals surface area contributed by atoms with Crippen LogP contribution in [-0.2, 0) is 20.2 Å². The van der Waals surface area contributed by atoms with E-state index in [0.717, 1.165) is 5.69 Å². The number of ether oxygens (including phenoxy) is 1. The SMILES string of the molecule is O=S1(=O)CC[C@]2(c3ccccn3)O[C@H]2C1. The molecule has 4 nitrogen and oxygen atoms in total. The Bertz CT molecular complexity index is 485. The van der Waals surface area contributed by atoms with Crippen molar-refractivity contribution < 1.29 is 13.2 Å². The van der Waals surface area contributed by atoms with Gasteiger partial charge in [-0.05, 0) is 18.6 Å². The van der Waals surface area contributed by atoms with E-state index in [-0.39, 0.29) is 17.6 Å². The van der Waals surface area contributed by atoms with Gasteiger partial charge in [0.05, 0.1) is 17.2 Å². The van der Waals surface area contributed by atoms with E-state index in [4.69, 9.17) is 4.74 Å². The molecule has 80 valence electrons. The second kappa shape index (κ2) is 2.80. The van der Waals surface area contributed by atoms with E-state index in [2.05, 4.69) is 4.98 Å². The summed E-state index contributed by atoms with van der Waals surface area (Å²) < 4.78 is 28.3. The number of aromatic nitrogens is 1. The summed E-state index contributed by atoms with van der Waals surface area (Å²) in [6.45, 7) is 0. The third-order valence-electron chi connectivity index (χ3n) is 3.10. The van der Waals surface area contributed by atoms with E-state index in [9.17, 15) is 8.42 Å². The maximum Gasteiger partial charge on any atom is 0.153 e. The number of sulfone groups is 1. The van der Waals surface area contributed by atoms with Crippen molar-refractivity contribution >= 4 is 9.84 Å². The molecule has 0 aliphatic carbocycles. The van der Waals surface area contributed by atoms with Crippen LogP contribution < -0.4 is 0 Å². The van der Waals surface area contributed by atoms with Crippen molar-refractivity contribution in [3.8, 4) is 0 Å². The largest absolute Gasteiger partial charge is 0.358 e. The van der Waals surface area contributed by atoms with E-state index in [1.54, 1.807) is 6.20 Å². The van der Waals surface area contributed by atoms with Crippen LogP contribution in [0.4, 0.5) is 0 Å². The van der Waals surface area contributed by atoms with Gasteiger partial charge in [-0.3, -0.25) is 4.98 Å². The molecule has 1 aromatic heterocycles. The van der Waals surface area contributed by atoms with Crippen molar-refractivity contribution in [3.05, 3.63) is 30.1 Å². The zero-order valence-electron chi connectivity index (χ0n) is 8.09. The predicted molar refractivity (Wildman–Crippen MR) is 54.1 cm³/mol. The average molecular weight is 225 g/mol. The predicted octanol–water partition coefficient (Wildman–Crippen LogP) is 0.494. The van der Waals surface area contributed by atoms with Gasteiger partial charge in [0.1, 0.15) is 11.7 Å². The van der Waals surface area contributed by atoms with Crippen LogP contribution in [0, 0.1) is 0 Å². The lowest BCUT2D eigenvalue weighted by molar-refractivity contribution is 0.290. The number of rotatable bonds is 1. The van der Waals surface area contributed by atoms with E-state index >= 15 is 0 Å². The Morgan fingerprint density at radius 1 is 1.47 bits per heavy atom. The van der Waals surface area contributed by atoms with Crippen molar-refractivity contribution in [3.63, 3.8) is 0 Å². The minimum atomic E-state index is -2.89. The van der Waals surface area contributed by atoms with Gasteiger partial charge < -0.3 is 4.74 Å². The fourth-order valence-electron chi connectivity index (χ4n) is 2.20. The molecule has 2 saturated heterocycles. The summed E-state index contributed by atoms with van der Waals surface area (Å²) in [5.74, 6) is 0.351. The lowest BCUT2D eigenvalue weighted by Crippen LogP contribution is -2.30. The van der Waals surface area contributed by atoms with E-state index in [1.165, 1.54) is 0 Å². The molecule has 3 heterocycles. The van der Waals surface area contributed by atoms with Crippen molar-refractivity contribution in [1.82, 2.24) is 4.98 Å². The Hall–Kier alpha value is -0.940. The number of hydrogen-bond acceptors (Lipinski definition) is 4. The summed E-state index contributed by atoms with van der Waals surface area (Å²) in [5.41, 5.74) is 0.469. The highest BCUT2D eigenvalue weighted by molar-refractivity contribution is 7.91. The summed E-state index contributed by atoms with van der Waals surface area (Å²) in [4.78, 5) is 4.24. The molecule has 3 rings (SSSR count). The van der Waals surface area contributed by atoms with Gasteiger partial charge in [-0.15, -0.1) is 0 Å². The molecule has 0 saturated carbocycles. The zero-order chi connectivity index (χ0) is 10.5. The minimum Gasteiger partial charge on any atom is -0.358 e. The lowest BCUT2D eigenvalue weighted by atomic mass is 9.98. The second-order valence-electron chi connectivity index (χ2n) is 4.08. The van der Waals surface area contributed by atoms with Crippen molar-refractivity contribution in [2.45, 2.75) is 18.1 Å². The molecule has 15 heavy (non-hydrogen) atoms. The van der Waals surface area contributed by atoms with Crippen molar-refractivity contribution in [1.29, 1.82) is 0 Å². The number of epoxide rings is 1. The molecule has 0 radical (unpaired) electrons. The van der Waals surface area contributed by atoms with E-state index < -0.39 is 15.4 Å². The van der Waals surface area contributed by atoms with Gasteiger partial charge in [-0.1, -0.05) is 6.07 Å². The number of nitrogens with zero attached hydrogens (tertiary/aromatic N) is 1. The summed E-state index contributed by atoms with van der Waals surface area (Å²) in [5, 5.41) is 0. The molecule has 2 aliphatic rings. The fourth-order valence-corrected chi connectivity index (χ4v) is 3.78. The standard InChI is InChI=1S/C10H11NO3S/c12-15(13)6-4-10(9(7-15)14-10)8-3-1-2-5-11-8/h1-3,5,9H,4,6-7H2/t9-,10+/m0/s1. The first-order valence-corrected chi connectivity index (χ1v) is 6.74. The van der Waals surface area contributed by atoms with Crippen molar-refractivity contribution in [2.75, 3.05) is 11.5 Å². The average Bonchev–Trinajstić information content (AvgIpc) is 2.92. The summed E-state index contributed by atoms with van der Waals surface area (Å²) in [6, 6.07) is 5.65. The van der Waals surface area contributed by atoms with Crippen molar-refractivity contribution in [2.24, 2.45) is 0 Å². The number of fused-ring (bicyclic) bond motifs is 1. The smallest absolute Gasteiger partial charge is 0.153 e. The molecular weight excluding hydrogens is 214 g/mol. The van der Waals surface area contributed by atoms with Crippen LogP contribution in [0.5, 0.6) is 0 Å². The molecule has 2 aliphatic heterocycles. The van der Waals surface area contributed by atoms with Gasteiger partial charge in [0.15, 0.2) is 9.84 Å². The summed E-state index contributed by atoms with van der Waals surface area (Å²) in [6.07, 6.45) is 2.08. The third kappa shape index (κ3) is 1.38. The molecule has 1 aromatic rings. The molecular formula is C10H11NO3S. The highest BCUT2D eigenvalue weighted by Gasteiger charge is 2.62. The molecule has 0 amide bonds. The van der Waals surface area contributed by atoms with Gasteiger partial charge in [-0.25, -0.2) is 8.42 Å². The van der Waals surface area contributed by atoms with Gasteiger partial charge in [0, 0.05) is 6.20 Å². The Morgan fingerprint density at radius 2 is 2.33 bits per heavy atom. The van der Waals surface area contributed by atoms with Crippen LogP contribution in [0.15, 0.2) is 24.4 Å². The van der Waals surface area contributed by atoms with Gasteiger partial charge in [0.25, 0.3) is 0 Å². The lowest BCUT2D eigenvalue weighted by Gasteiger charge is -2.16. The van der Waals surface area contributed by atoms with Crippen LogP contribution in [-0.4, -0.2) is 31.0 Å². The zero-order valence-corrected chi connectivity index (χ0v) is 8.90. The van der Waals surface area contributed by atoms with Crippen LogP contribution in [0.25, 0.3) is 0 Å². The van der Waals surface area contributed by atoms with Crippen LogP contribution in [0.3, 0.4) is 0 Å². The molecule has 0 N–H and O–H groups in total. The number of hydrogen-bond donors (Lipinski definition) is 0. The Morgan fingerprint density at radius 3 is 3.00 bits per heavy atom. The first-order chi connectivity index (χ1) is 7.12. The minimum absolute atomic E-state index is 0.142. The topological polar surface area (TPSA) is 59.6 Å². The molecule has 0 bridgehead atoms. The first-order valence-electron chi connectivity index (χ1n) is 4.92. The van der Waals surface area contributed by atoms with Crippen LogP contribution in [0.1, 0.15) is 12.1 Å². The first kappa shape index (κ1) is 9.30. The molecule has 0 spiro atoms. The van der Waals surface area contributed by atoms with Crippen LogP contribution >= 0.6 is 0 Å². The normalized spacial score (nSPS) is 36.9.